The summed E-state index contributed by atoms with van der Waals surface area (Å²) in [5.41, 5.74) is 5.03. The van der Waals surface area contributed by atoms with E-state index < -0.39 is 47.4 Å². The molecule has 11 rings (SSSR count). The van der Waals surface area contributed by atoms with E-state index in [1.54, 1.807) is 63.5 Å². The summed E-state index contributed by atoms with van der Waals surface area (Å²) in [6, 6.07) is 10.2. The number of hydrogen-bond donors (Lipinski definition) is 9. The van der Waals surface area contributed by atoms with Crippen molar-refractivity contribution < 1.29 is 71.6 Å². The minimum atomic E-state index is -0.637. The first-order valence-corrected chi connectivity index (χ1v) is 41.6. The highest BCUT2D eigenvalue weighted by Gasteiger charge is 2.34. The zero-order valence-corrected chi connectivity index (χ0v) is 71.2. The molecule has 0 aliphatic carbocycles. The first-order chi connectivity index (χ1) is 58.4. The molecule has 2 saturated heterocycles. The molecular formula is C80H109ClN24O15S. The molecular weight excluding hydrogens is 1600 g/mol. The number of carbonyl (C=O) groups is 9. The number of hydrogen-bond acceptors (Lipinski definition) is 25. The molecule has 0 spiro atoms. The Balaban J connectivity index is 0.440. The van der Waals surface area contributed by atoms with Crippen LogP contribution in [0.4, 0.5) is 23.0 Å². The number of thiophene rings is 1. The highest BCUT2D eigenvalue weighted by atomic mass is 35.5. The van der Waals surface area contributed by atoms with Gasteiger partial charge in [0.1, 0.15) is 28.3 Å². The number of piperazine rings is 1. The van der Waals surface area contributed by atoms with Crippen LogP contribution in [0.25, 0.3) is 5.00 Å². The fourth-order valence-corrected chi connectivity index (χ4v) is 15.2. The number of ether oxygens (including phenoxy) is 6. The Morgan fingerprint density at radius 1 is 0.488 bits per heavy atom. The number of piperidine rings is 1. The van der Waals surface area contributed by atoms with Gasteiger partial charge in [0.15, 0.2) is 23.3 Å². The van der Waals surface area contributed by atoms with Crippen molar-refractivity contribution in [1.29, 1.82) is 0 Å². The third kappa shape index (κ3) is 26.5. The van der Waals surface area contributed by atoms with Crippen molar-refractivity contribution in [2.75, 3.05) is 186 Å². The molecule has 0 saturated carbocycles. The van der Waals surface area contributed by atoms with Crippen LogP contribution in [0.5, 0.6) is 0 Å². The van der Waals surface area contributed by atoms with Crippen LogP contribution in [0.2, 0.25) is 5.02 Å². The molecule has 10 heterocycles. The lowest BCUT2D eigenvalue weighted by molar-refractivity contribution is -0.123. The molecule has 0 radical (unpaired) electrons. The molecule has 41 heteroatoms. The average Bonchev–Trinajstić information content (AvgIpc) is 1.59. The Bertz CT molecular complexity index is 4890. The van der Waals surface area contributed by atoms with Gasteiger partial charge in [0.2, 0.25) is 35.3 Å². The zero-order valence-electron chi connectivity index (χ0n) is 69.6. The molecule has 1 atom stereocenters. The van der Waals surface area contributed by atoms with Gasteiger partial charge in [0, 0.05) is 204 Å². The van der Waals surface area contributed by atoms with E-state index in [1.165, 1.54) is 60.1 Å². The Morgan fingerprint density at radius 2 is 0.959 bits per heavy atom. The summed E-state index contributed by atoms with van der Waals surface area (Å²) in [6.07, 6.45) is 10.7. The molecule has 1 aromatic carbocycles. The third-order valence-corrected chi connectivity index (χ3v) is 21.9. The van der Waals surface area contributed by atoms with E-state index in [-0.39, 0.29) is 123 Å². The monoisotopic (exact) mass is 1710 g/mol. The molecule has 8 aromatic rings. The second-order valence-corrected chi connectivity index (χ2v) is 31.1. The number of aliphatic imine (C=N–C) groups is 1. The molecule has 0 unspecified atom stereocenters. The Hall–Kier alpha value is -10.9. The third-order valence-electron chi connectivity index (χ3n) is 20.5. The number of benzene rings is 1. The van der Waals surface area contributed by atoms with Gasteiger partial charge in [-0.05, 0) is 63.4 Å². The number of aromatic nitrogens is 11. The predicted molar refractivity (Wildman–Crippen MR) is 451 cm³/mol. The Labute approximate surface area is 709 Å². The van der Waals surface area contributed by atoms with Crippen LogP contribution < -0.4 is 47.9 Å². The van der Waals surface area contributed by atoms with Crippen LogP contribution in [-0.4, -0.2) is 297 Å². The number of likely N-dealkylation sites (tertiary alicyclic amines) is 1. The zero-order chi connectivity index (χ0) is 85.9. The minimum absolute atomic E-state index is 0.00426. The number of nitrogens with zero attached hydrogens (tertiary/aromatic N) is 15. The number of imidazole rings is 3. The molecule has 3 aliphatic rings. The summed E-state index contributed by atoms with van der Waals surface area (Å²) < 4.78 is 44.0. The van der Waals surface area contributed by atoms with Gasteiger partial charge >= 0.3 is 0 Å². The predicted octanol–water partition coefficient (Wildman–Crippen LogP) is 3.32. The second kappa shape index (κ2) is 45.1. The van der Waals surface area contributed by atoms with Crippen molar-refractivity contribution in [3.05, 3.63) is 141 Å². The van der Waals surface area contributed by atoms with Crippen LogP contribution in [0, 0.1) is 20.8 Å². The maximum absolute atomic E-state index is 13.7. The van der Waals surface area contributed by atoms with Gasteiger partial charge in [-0.3, -0.25) is 62.5 Å². The fraction of sp³-hybridized carbons (Fsp3) is 0.512. The number of fused-ring (bicyclic) bond motifs is 3. The van der Waals surface area contributed by atoms with Crippen molar-refractivity contribution in [1.82, 2.24) is 93.8 Å². The van der Waals surface area contributed by atoms with E-state index >= 15 is 0 Å². The van der Waals surface area contributed by atoms with Gasteiger partial charge in [-0.2, -0.15) is 0 Å². The molecule has 9 N–H and O–H groups in total. The molecule has 2 fully saturated rings. The summed E-state index contributed by atoms with van der Waals surface area (Å²) >= 11 is 7.98. The standard InChI is InChI=1S/C80H109ClN24O15S/c1-52-53(2)121-80-69(52)70(55-9-11-56(81)12-10-55)90-60(71-96-95-54(3)105(71)80)47-68(109)87-57-16-23-102(24-17-57)30-34-116-38-39-117-35-31-103-26-28-104(29-27-103)32-36-118-40-42-120-44-43-119-41-37-115-33-22-82-65(106)13-18-86-77(112)73-93-63(50-100(73)7)91-66(107)14-19-85-76(111)62-46-59(49-99(62)6)89-79(114)74-94-64(51-101(74)8)92-67(108)15-20-84-75(110)61-45-58(48-98(61)5)88-78(113)72-83-21-25-97(72)4/h9-12,21,25,45-46,48-51,57,60H,13-20,22-24,26-44,47H2,1-8H3,(H,82,106)(H,84,110)(H,85,111)(H,86,112)(H,87,109)(H,88,113)(H,89,114)(H,91,107)(H,92,108)/t60-/m0/s1. The van der Waals surface area contributed by atoms with Crippen LogP contribution in [-0.2, 0) is 82.8 Å². The topological polar surface area (TPSA) is 433 Å². The maximum atomic E-state index is 13.7. The average molecular weight is 1710 g/mol. The van der Waals surface area contributed by atoms with E-state index in [2.05, 4.69) is 106 Å². The largest absolute Gasteiger partial charge is 0.378 e. The van der Waals surface area contributed by atoms with Gasteiger partial charge < -0.3 is 104 Å². The fourth-order valence-electron chi connectivity index (χ4n) is 13.8. The van der Waals surface area contributed by atoms with Gasteiger partial charge in [0.25, 0.3) is 29.5 Å². The second-order valence-electron chi connectivity index (χ2n) is 29.5. The number of aryl methyl sites for hydroxylation is 7. The van der Waals surface area contributed by atoms with Gasteiger partial charge in [-0.1, -0.05) is 23.7 Å². The summed E-state index contributed by atoms with van der Waals surface area (Å²) in [5, 5.41) is 35.4. The molecule has 7 aromatic heterocycles. The molecule has 121 heavy (non-hydrogen) atoms. The molecule has 0 bridgehead atoms. The Kier molecular flexibility index (Phi) is 33.9. The van der Waals surface area contributed by atoms with Crippen LogP contribution in [0.1, 0.15) is 131 Å². The van der Waals surface area contributed by atoms with E-state index in [9.17, 15) is 43.2 Å². The minimum Gasteiger partial charge on any atom is -0.378 e. The summed E-state index contributed by atoms with van der Waals surface area (Å²) in [6.45, 7) is 20.4. The molecule has 9 amide bonds. The van der Waals surface area contributed by atoms with Crippen molar-refractivity contribution in [3.63, 3.8) is 0 Å². The van der Waals surface area contributed by atoms with E-state index in [1.807, 2.05) is 31.2 Å². The van der Waals surface area contributed by atoms with Crippen LogP contribution in [0.15, 0.2) is 78.6 Å². The van der Waals surface area contributed by atoms with E-state index in [4.69, 9.17) is 45.0 Å². The lowest BCUT2D eigenvalue weighted by Gasteiger charge is -2.34. The summed E-state index contributed by atoms with van der Waals surface area (Å²) in [4.78, 5) is 143. The normalized spacial score (nSPS) is 14.5. The number of rotatable bonds is 46. The van der Waals surface area contributed by atoms with Crippen molar-refractivity contribution in [3.8, 4) is 5.00 Å². The number of carbonyl (C=O) groups excluding carboxylic acids is 9. The molecule has 652 valence electrons. The van der Waals surface area contributed by atoms with Gasteiger partial charge in [-0.15, -0.1) is 21.5 Å². The maximum Gasteiger partial charge on any atom is 0.291 e. The van der Waals surface area contributed by atoms with Gasteiger partial charge in [-0.25, -0.2) is 15.0 Å². The lowest BCUT2D eigenvalue weighted by Crippen LogP contribution is -2.48. The van der Waals surface area contributed by atoms with Crippen molar-refractivity contribution in [2.45, 2.75) is 71.4 Å². The summed E-state index contributed by atoms with van der Waals surface area (Å²) in [7, 11) is 8.06. The number of amides is 9. The molecule has 39 nitrogen and oxygen atoms in total. The Morgan fingerprint density at radius 3 is 1.47 bits per heavy atom. The smallest absolute Gasteiger partial charge is 0.291 e. The van der Waals surface area contributed by atoms with Crippen molar-refractivity contribution in [2.24, 2.45) is 40.2 Å². The highest BCUT2D eigenvalue weighted by molar-refractivity contribution is 7.15. The molecule has 3 aliphatic heterocycles. The number of nitrogens with one attached hydrogen (secondary N) is 9. The first kappa shape index (κ1) is 90.8. The van der Waals surface area contributed by atoms with Gasteiger partial charge in [0.05, 0.1) is 103 Å². The van der Waals surface area contributed by atoms with E-state index in [0.29, 0.717) is 89.2 Å². The lowest BCUT2D eigenvalue weighted by atomic mass is 9.99. The number of halogens is 1. The first-order valence-electron chi connectivity index (χ1n) is 40.4. The van der Waals surface area contributed by atoms with Crippen LogP contribution in [0.3, 0.4) is 0 Å². The highest BCUT2D eigenvalue weighted by Crippen LogP contribution is 2.40. The number of anilines is 4. The van der Waals surface area contributed by atoms with Crippen LogP contribution >= 0.6 is 22.9 Å². The quantitative estimate of drug-likeness (QED) is 0.0247. The summed E-state index contributed by atoms with van der Waals surface area (Å²) in [5.74, 6) is -2.20. The SMILES string of the molecule is Cc1sc2c(c1C)C(c1ccc(Cl)cc1)=N[C@@H](CC(=O)NC1CCN(CCOCCOCCN3CCN(CCOCCOCCOCCOCCNC(=O)CCNC(=O)c4nc(NC(=O)CCNC(=O)c5cc(NC(=O)c6nc(NC(=O)CCNC(=O)c7cc(NC(=O)c8nccn8C)cn7C)cn6C)cn5C)cn4C)CC3)CC1)c1nnc(C)n1-2. The van der Waals surface area contributed by atoms with Crippen molar-refractivity contribution >= 4 is 105 Å². The van der Waals surface area contributed by atoms with E-state index in [0.717, 1.165) is 105 Å².